The van der Waals surface area contributed by atoms with E-state index < -0.39 is 27.8 Å². The van der Waals surface area contributed by atoms with Gasteiger partial charge in [-0.05, 0) is 42.3 Å². The summed E-state index contributed by atoms with van der Waals surface area (Å²) in [6.45, 7) is 0. The second kappa shape index (κ2) is 9.91. The fourth-order valence-electron chi connectivity index (χ4n) is 2.93. The van der Waals surface area contributed by atoms with Crippen LogP contribution in [0, 0.1) is 5.82 Å². The molecule has 0 bridgehead atoms. The molecule has 1 amide bonds. The van der Waals surface area contributed by atoms with Crippen molar-refractivity contribution in [1.29, 1.82) is 0 Å². The molecule has 3 rings (SSSR count). The molecule has 0 aliphatic rings. The number of methoxy groups -OCH3 is 1. The van der Waals surface area contributed by atoms with E-state index in [1.165, 1.54) is 43.5 Å². The van der Waals surface area contributed by atoms with E-state index in [-0.39, 0.29) is 27.8 Å². The third-order valence-corrected chi connectivity index (χ3v) is 6.17. The predicted octanol–water partition coefficient (Wildman–Crippen LogP) is 4.02. The number of halogens is 2. The SMILES string of the molecule is COc1ccc(Cl)cc1S(=O)(=O)NC(Cc1ccccc1)C(=O)Nc1ccccc1F. The topological polar surface area (TPSA) is 84.5 Å². The van der Waals surface area contributed by atoms with Crippen molar-refractivity contribution in [2.45, 2.75) is 17.4 Å². The van der Waals surface area contributed by atoms with Crippen molar-refractivity contribution in [3.8, 4) is 5.75 Å². The molecule has 2 N–H and O–H groups in total. The van der Waals surface area contributed by atoms with Gasteiger partial charge in [0.15, 0.2) is 0 Å². The molecule has 0 saturated heterocycles. The van der Waals surface area contributed by atoms with Crippen LogP contribution in [0.3, 0.4) is 0 Å². The predicted molar refractivity (Wildman–Crippen MR) is 117 cm³/mol. The molecule has 1 unspecified atom stereocenters. The van der Waals surface area contributed by atoms with Crippen molar-refractivity contribution < 1.29 is 22.3 Å². The quantitative estimate of drug-likeness (QED) is 0.529. The van der Waals surface area contributed by atoms with Gasteiger partial charge in [0.05, 0.1) is 12.8 Å². The van der Waals surface area contributed by atoms with Crippen molar-refractivity contribution >= 4 is 33.2 Å². The maximum atomic E-state index is 14.0. The molecular weight excluding hydrogens is 443 g/mol. The molecule has 0 aliphatic heterocycles. The van der Waals surface area contributed by atoms with Crippen LogP contribution in [0.5, 0.6) is 5.75 Å². The van der Waals surface area contributed by atoms with E-state index in [2.05, 4.69) is 10.0 Å². The highest BCUT2D eigenvalue weighted by Gasteiger charge is 2.29. The Kier molecular flexibility index (Phi) is 7.27. The molecule has 0 heterocycles. The van der Waals surface area contributed by atoms with Gasteiger partial charge in [-0.2, -0.15) is 4.72 Å². The summed E-state index contributed by atoms with van der Waals surface area (Å²) < 4.78 is 47.7. The average Bonchev–Trinajstić information content (AvgIpc) is 2.75. The normalized spacial score (nSPS) is 12.2. The third kappa shape index (κ3) is 5.81. The van der Waals surface area contributed by atoms with E-state index in [0.717, 1.165) is 5.56 Å². The van der Waals surface area contributed by atoms with Gasteiger partial charge in [-0.3, -0.25) is 4.79 Å². The first-order chi connectivity index (χ1) is 14.8. The Bertz CT molecular complexity index is 1170. The van der Waals surface area contributed by atoms with Crippen molar-refractivity contribution in [1.82, 2.24) is 4.72 Å². The number of sulfonamides is 1. The average molecular weight is 463 g/mol. The Hall–Kier alpha value is -2.94. The molecule has 6 nitrogen and oxygen atoms in total. The summed E-state index contributed by atoms with van der Waals surface area (Å²) in [6.07, 6.45) is 0.0449. The summed E-state index contributed by atoms with van der Waals surface area (Å²) >= 11 is 5.96. The van der Waals surface area contributed by atoms with Gasteiger partial charge in [-0.15, -0.1) is 0 Å². The standard InChI is InChI=1S/C22H20ClFN2O4S/c1-30-20-12-11-16(23)14-21(20)31(28,29)26-19(13-15-7-3-2-4-8-15)22(27)25-18-10-6-5-9-17(18)24/h2-12,14,19,26H,13H2,1H3,(H,25,27). The Morgan fingerprint density at radius 3 is 2.42 bits per heavy atom. The van der Waals surface area contributed by atoms with E-state index in [4.69, 9.17) is 16.3 Å². The van der Waals surface area contributed by atoms with Gasteiger partial charge < -0.3 is 10.1 Å². The first kappa shape index (κ1) is 22.7. The minimum atomic E-state index is -4.21. The van der Waals surface area contributed by atoms with Gasteiger partial charge in [0.2, 0.25) is 15.9 Å². The Morgan fingerprint density at radius 1 is 1.06 bits per heavy atom. The van der Waals surface area contributed by atoms with Crippen molar-refractivity contribution in [3.63, 3.8) is 0 Å². The lowest BCUT2D eigenvalue weighted by atomic mass is 10.1. The number of rotatable bonds is 8. The van der Waals surface area contributed by atoms with E-state index in [0.29, 0.717) is 0 Å². The molecule has 0 spiro atoms. The van der Waals surface area contributed by atoms with E-state index in [9.17, 15) is 17.6 Å². The van der Waals surface area contributed by atoms with Gasteiger partial charge in [0, 0.05) is 5.02 Å². The van der Waals surface area contributed by atoms with Crippen LogP contribution >= 0.6 is 11.6 Å². The van der Waals surface area contributed by atoms with Gasteiger partial charge in [-0.1, -0.05) is 54.1 Å². The Labute approximate surface area is 185 Å². The molecule has 162 valence electrons. The number of para-hydroxylation sites is 1. The number of hydrogen-bond donors (Lipinski definition) is 2. The van der Waals surface area contributed by atoms with Gasteiger partial charge in [-0.25, -0.2) is 12.8 Å². The lowest BCUT2D eigenvalue weighted by Gasteiger charge is -2.20. The summed E-state index contributed by atoms with van der Waals surface area (Å²) in [7, 11) is -2.88. The largest absolute Gasteiger partial charge is 0.495 e. The second-order valence-corrected chi connectivity index (χ2v) is 8.75. The number of carbonyl (C=O) groups excluding carboxylic acids is 1. The number of benzene rings is 3. The minimum Gasteiger partial charge on any atom is -0.495 e. The van der Waals surface area contributed by atoms with Crippen molar-refractivity contribution in [2.75, 3.05) is 12.4 Å². The molecule has 0 aliphatic carbocycles. The van der Waals surface area contributed by atoms with Crippen LogP contribution in [0.15, 0.2) is 77.7 Å². The van der Waals surface area contributed by atoms with Gasteiger partial charge in [0.25, 0.3) is 0 Å². The zero-order valence-electron chi connectivity index (χ0n) is 16.5. The molecule has 9 heteroatoms. The summed E-state index contributed by atoms with van der Waals surface area (Å²) in [4.78, 5) is 12.7. The lowest BCUT2D eigenvalue weighted by molar-refractivity contribution is -0.117. The molecule has 1 atom stereocenters. The zero-order valence-corrected chi connectivity index (χ0v) is 18.1. The van der Waals surface area contributed by atoms with Crippen LogP contribution in [0.4, 0.5) is 10.1 Å². The number of carbonyl (C=O) groups is 1. The molecule has 0 radical (unpaired) electrons. The highest BCUT2D eigenvalue weighted by molar-refractivity contribution is 7.89. The van der Waals surface area contributed by atoms with Crippen LogP contribution in [0.1, 0.15) is 5.56 Å². The van der Waals surface area contributed by atoms with Crippen LogP contribution in [0.2, 0.25) is 5.02 Å². The van der Waals surface area contributed by atoms with Crippen LogP contribution in [-0.4, -0.2) is 27.5 Å². The highest BCUT2D eigenvalue weighted by Crippen LogP contribution is 2.27. The fraction of sp³-hybridized carbons (Fsp3) is 0.136. The van der Waals surface area contributed by atoms with Crippen LogP contribution in [-0.2, 0) is 21.2 Å². The molecule has 0 fully saturated rings. The maximum Gasteiger partial charge on any atom is 0.245 e. The molecule has 3 aromatic rings. The number of anilines is 1. The molecule has 0 saturated carbocycles. The van der Waals surface area contributed by atoms with Crippen molar-refractivity contribution in [2.24, 2.45) is 0 Å². The number of ether oxygens (including phenoxy) is 1. The van der Waals surface area contributed by atoms with E-state index >= 15 is 0 Å². The third-order valence-electron chi connectivity index (χ3n) is 4.44. The lowest BCUT2D eigenvalue weighted by Crippen LogP contribution is -2.45. The van der Waals surface area contributed by atoms with Crippen LogP contribution < -0.4 is 14.8 Å². The first-order valence-electron chi connectivity index (χ1n) is 9.25. The number of nitrogens with one attached hydrogen (secondary N) is 2. The summed E-state index contributed by atoms with van der Waals surface area (Å²) in [5, 5.41) is 2.64. The number of amides is 1. The zero-order chi connectivity index (χ0) is 22.4. The Morgan fingerprint density at radius 2 is 1.74 bits per heavy atom. The van der Waals surface area contributed by atoms with E-state index in [1.54, 1.807) is 36.4 Å². The monoisotopic (exact) mass is 462 g/mol. The summed E-state index contributed by atoms with van der Waals surface area (Å²) in [6, 6.07) is 17.4. The van der Waals surface area contributed by atoms with Crippen LogP contribution in [0.25, 0.3) is 0 Å². The first-order valence-corrected chi connectivity index (χ1v) is 11.1. The Balaban J connectivity index is 1.93. The van der Waals surface area contributed by atoms with Gasteiger partial charge >= 0.3 is 0 Å². The van der Waals surface area contributed by atoms with Crippen molar-refractivity contribution in [3.05, 3.63) is 89.2 Å². The fourth-order valence-corrected chi connectivity index (χ4v) is 4.56. The van der Waals surface area contributed by atoms with Gasteiger partial charge in [0.1, 0.15) is 22.5 Å². The minimum absolute atomic E-state index is 0.0449. The molecular formula is C22H20ClFN2O4S. The second-order valence-electron chi connectivity index (χ2n) is 6.63. The summed E-state index contributed by atoms with van der Waals surface area (Å²) in [5.41, 5.74) is 0.669. The number of hydrogen-bond acceptors (Lipinski definition) is 4. The molecule has 31 heavy (non-hydrogen) atoms. The molecule has 3 aromatic carbocycles. The maximum absolute atomic E-state index is 14.0. The highest BCUT2D eigenvalue weighted by atomic mass is 35.5. The van der Waals surface area contributed by atoms with E-state index in [1.807, 2.05) is 0 Å². The molecule has 0 aromatic heterocycles. The summed E-state index contributed by atoms with van der Waals surface area (Å²) in [5.74, 6) is -1.27. The smallest absolute Gasteiger partial charge is 0.245 e.